The fraction of sp³-hybridized carbons (Fsp3) is 0.500. The van der Waals surface area contributed by atoms with Gasteiger partial charge in [0.15, 0.2) is 0 Å². The summed E-state index contributed by atoms with van der Waals surface area (Å²) in [5, 5.41) is 0. The quantitative estimate of drug-likeness (QED) is 0.774. The van der Waals surface area contributed by atoms with Gasteiger partial charge in [0.25, 0.3) is 5.91 Å². The van der Waals surface area contributed by atoms with Gasteiger partial charge in [-0.2, -0.15) is 0 Å². The third kappa shape index (κ3) is 4.04. The summed E-state index contributed by atoms with van der Waals surface area (Å²) < 4.78 is 10.6. The molecule has 0 aliphatic rings. The Hall–Kier alpha value is -1.55. The maximum atomic E-state index is 11.7. The Morgan fingerprint density at radius 2 is 2.06 bits per heavy atom. The number of para-hydroxylation sites is 1. The fourth-order valence-electron chi connectivity index (χ4n) is 1.53. The number of nitrogens with zero attached hydrogens (tertiary/aromatic N) is 1. The van der Waals surface area contributed by atoms with Crippen LogP contribution in [-0.2, 0) is 9.53 Å². The molecular formula is C14H21NO3. The smallest absolute Gasteiger partial charge is 0.251 e. The Balaban J connectivity index is 2.38. The van der Waals surface area contributed by atoms with Crippen molar-refractivity contribution in [2.24, 2.45) is 0 Å². The lowest BCUT2D eigenvalue weighted by Crippen LogP contribution is -2.38. The van der Waals surface area contributed by atoms with E-state index in [0.717, 1.165) is 11.3 Å². The lowest BCUT2D eigenvalue weighted by molar-refractivity contribution is -0.139. The van der Waals surface area contributed by atoms with Crippen LogP contribution in [0.4, 0.5) is 0 Å². The van der Waals surface area contributed by atoms with Crippen LogP contribution in [0.1, 0.15) is 12.5 Å². The van der Waals surface area contributed by atoms with Crippen LogP contribution in [-0.4, -0.2) is 44.2 Å². The second-order valence-electron chi connectivity index (χ2n) is 4.25. The molecule has 0 spiro atoms. The zero-order valence-corrected chi connectivity index (χ0v) is 11.5. The molecule has 0 heterocycles. The van der Waals surface area contributed by atoms with Crippen LogP contribution in [0, 0.1) is 6.92 Å². The van der Waals surface area contributed by atoms with Gasteiger partial charge in [-0.15, -0.1) is 0 Å². The molecule has 0 aliphatic heterocycles. The Bertz CT molecular complexity index is 392. The van der Waals surface area contributed by atoms with Gasteiger partial charge in [0.2, 0.25) is 0 Å². The van der Waals surface area contributed by atoms with Gasteiger partial charge in [-0.3, -0.25) is 4.79 Å². The van der Waals surface area contributed by atoms with E-state index in [1.165, 1.54) is 7.11 Å². The van der Waals surface area contributed by atoms with Crippen LogP contribution < -0.4 is 4.74 Å². The largest absolute Gasteiger partial charge is 0.491 e. The number of hydrogen-bond acceptors (Lipinski definition) is 3. The second kappa shape index (κ2) is 7.01. The average molecular weight is 251 g/mol. The molecule has 1 aromatic carbocycles. The molecule has 0 saturated carbocycles. The van der Waals surface area contributed by atoms with E-state index >= 15 is 0 Å². The normalized spacial score (nSPS) is 12.0. The van der Waals surface area contributed by atoms with Crippen molar-refractivity contribution >= 4 is 5.91 Å². The summed E-state index contributed by atoms with van der Waals surface area (Å²) in [5.74, 6) is 0.823. The van der Waals surface area contributed by atoms with E-state index < -0.39 is 6.10 Å². The molecule has 1 aromatic rings. The third-order valence-electron chi connectivity index (χ3n) is 2.86. The molecular weight excluding hydrogens is 230 g/mol. The number of benzene rings is 1. The minimum atomic E-state index is -0.409. The van der Waals surface area contributed by atoms with Crippen molar-refractivity contribution in [3.63, 3.8) is 0 Å². The molecule has 18 heavy (non-hydrogen) atoms. The lowest BCUT2D eigenvalue weighted by atomic mass is 10.2. The van der Waals surface area contributed by atoms with Crippen molar-refractivity contribution in [3.8, 4) is 5.75 Å². The Morgan fingerprint density at radius 3 is 2.67 bits per heavy atom. The Labute approximate surface area is 108 Å². The molecule has 1 atom stereocenters. The first-order valence-electron chi connectivity index (χ1n) is 6.02. The van der Waals surface area contributed by atoms with E-state index in [1.54, 1.807) is 18.9 Å². The Kier molecular flexibility index (Phi) is 5.65. The third-order valence-corrected chi connectivity index (χ3v) is 2.86. The predicted molar refractivity (Wildman–Crippen MR) is 70.8 cm³/mol. The van der Waals surface area contributed by atoms with E-state index in [4.69, 9.17) is 9.47 Å². The number of likely N-dealkylation sites (N-methyl/N-ethyl adjacent to an activating group) is 1. The van der Waals surface area contributed by atoms with E-state index in [1.807, 2.05) is 31.2 Å². The van der Waals surface area contributed by atoms with Gasteiger partial charge in [-0.1, -0.05) is 18.2 Å². The number of amides is 1. The van der Waals surface area contributed by atoms with Crippen molar-refractivity contribution in [1.29, 1.82) is 0 Å². The summed E-state index contributed by atoms with van der Waals surface area (Å²) in [5.41, 5.74) is 1.09. The van der Waals surface area contributed by atoms with Gasteiger partial charge in [0.1, 0.15) is 18.5 Å². The first-order chi connectivity index (χ1) is 8.56. The molecule has 0 bridgehead atoms. The molecule has 0 saturated heterocycles. The zero-order valence-electron chi connectivity index (χ0n) is 11.5. The first-order valence-corrected chi connectivity index (χ1v) is 6.02. The highest BCUT2D eigenvalue weighted by Gasteiger charge is 2.16. The minimum Gasteiger partial charge on any atom is -0.491 e. The monoisotopic (exact) mass is 251 g/mol. The summed E-state index contributed by atoms with van der Waals surface area (Å²) in [6.07, 6.45) is -0.409. The number of carbonyl (C=O) groups is 1. The maximum Gasteiger partial charge on any atom is 0.251 e. The van der Waals surface area contributed by atoms with Gasteiger partial charge in [-0.25, -0.2) is 0 Å². The average Bonchev–Trinajstić information content (AvgIpc) is 2.39. The highest BCUT2D eigenvalue weighted by atomic mass is 16.5. The summed E-state index contributed by atoms with van der Waals surface area (Å²) >= 11 is 0. The minimum absolute atomic E-state index is 0.0362. The second-order valence-corrected chi connectivity index (χ2v) is 4.25. The van der Waals surface area contributed by atoms with Gasteiger partial charge in [-0.05, 0) is 25.5 Å². The fourth-order valence-corrected chi connectivity index (χ4v) is 1.53. The van der Waals surface area contributed by atoms with E-state index in [-0.39, 0.29) is 5.91 Å². The molecule has 0 radical (unpaired) electrons. The summed E-state index contributed by atoms with van der Waals surface area (Å²) in [6, 6.07) is 7.83. The van der Waals surface area contributed by atoms with Gasteiger partial charge in [0.05, 0.1) is 6.54 Å². The van der Waals surface area contributed by atoms with Crippen molar-refractivity contribution in [2.45, 2.75) is 20.0 Å². The number of rotatable bonds is 6. The van der Waals surface area contributed by atoms with Gasteiger partial charge >= 0.3 is 0 Å². The summed E-state index contributed by atoms with van der Waals surface area (Å²) in [6.45, 7) is 4.75. The molecule has 0 aliphatic carbocycles. The topological polar surface area (TPSA) is 38.8 Å². The van der Waals surface area contributed by atoms with E-state index in [9.17, 15) is 4.79 Å². The number of aryl methyl sites for hydroxylation is 1. The number of carbonyl (C=O) groups excluding carboxylic acids is 1. The van der Waals surface area contributed by atoms with Crippen molar-refractivity contribution in [1.82, 2.24) is 4.90 Å². The molecule has 1 unspecified atom stereocenters. The number of hydrogen-bond donors (Lipinski definition) is 0. The molecule has 0 aromatic heterocycles. The van der Waals surface area contributed by atoms with Crippen LogP contribution in [0.5, 0.6) is 5.75 Å². The molecule has 100 valence electrons. The molecule has 1 rings (SSSR count). The van der Waals surface area contributed by atoms with Crippen molar-refractivity contribution in [2.75, 3.05) is 27.3 Å². The number of methoxy groups -OCH3 is 1. The van der Waals surface area contributed by atoms with Crippen LogP contribution in [0.2, 0.25) is 0 Å². The predicted octanol–water partition coefficient (Wildman–Crippen LogP) is 1.87. The molecule has 1 amide bonds. The molecule has 4 nitrogen and oxygen atoms in total. The van der Waals surface area contributed by atoms with Gasteiger partial charge < -0.3 is 14.4 Å². The highest BCUT2D eigenvalue weighted by Crippen LogP contribution is 2.15. The lowest BCUT2D eigenvalue weighted by Gasteiger charge is -2.20. The van der Waals surface area contributed by atoms with Gasteiger partial charge in [0, 0.05) is 14.2 Å². The number of ether oxygens (including phenoxy) is 2. The SMILES string of the molecule is COC(C)C(=O)N(C)CCOc1ccccc1C. The van der Waals surface area contributed by atoms with Crippen LogP contribution in [0.15, 0.2) is 24.3 Å². The highest BCUT2D eigenvalue weighted by molar-refractivity contribution is 5.80. The molecule has 0 fully saturated rings. The summed E-state index contributed by atoms with van der Waals surface area (Å²) in [4.78, 5) is 13.3. The zero-order chi connectivity index (χ0) is 13.5. The standard InChI is InChI=1S/C14H21NO3/c1-11-7-5-6-8-13(11)18-10-9-15(3)14(16)12(2)17-4/h5-8,12H,9-10H2,1-4H3. The molecule has 4 heteroatoms. The van der Waals surface area contributed by atoms with E-state index in [0.29, 0.717) is 13.2 Å². The van der Waals surface area contributed by atoms with Crippen LogP contribution in [0.3, 0.4) is 0 Å². The van der Waals surface area contributed by atoms with Crippen LogP contribution >= 0.6 is 0 Å². The Morgan fingerprint density at radius 1 is 1.39 bits per heavy atom. The summed E-state index contributed by atoms with van der Waals surface area (Å²) in [7, 11) is 3.28. The van der Waals surface area contributed by atoms with E-state index in [2.05, 4.69) is 0 Å². The van der Waals surface area contributed by atoms with Crippen molar-refractivity contribution < 1.29 is 14.3 Å². The first kappa shape index (κ1) is 14.5. The molecule has 0 N–H and O–H groups in total. The maximum absolute atomic E-state index is 11.7. The van der Waals surface area contributed by atoms with Crippen molar-refractivity contribution in [3.05, 3.63) is 29.8 Å². The van der Waals surface area contributed by atoms with Crippen LogP contribution in [0.25, 0.3) is 0 Å².